The first kappa shape index (κ1) is 13.1. The van der Waals surface area contributed by atoms with Gasteiger partial charge in [0.2, 0.25) is 0 Å². The number of fused-ring (bicyclic) bond motifs is 1. The van der Waals surface area contributed by atoms with Crippen LogP contribution in [-0.4, -0.2) is 36.1 Å². The van der Waals surface area contributed by atoms with E-state index in [9.17, 15) is 0 Å². The van der Waals surface area contributed by atoms with Crippen LogP contribution in [0, 0.1) is 0 Å². The lowest BCUT2D eigenvalue weighted by Crippen LogP contribution is -2.25. The third-order valence-corrected chi connectivity index (χ3v) is 3.69. The van der Waals surface area contributed by atoms with Gasteiger partial charge >= 0.3 is 0 Å². The molecule has 5 nitrogen and oxygen atoms in total. The van der Waals surface area contributed by atoms with Crippen LogP contribution >= 0.6 is 0 Å². The number of hydrogen-bond acceptors (Lipinski definition) is 5. The predicted octanol–water partition coefficient (Wildman–Crippen LogP) is 2.00. The molecule has 1 aliphatic heterocycles. The highest BCUT2D eigenvalue weighted by atomic mass is 16.5. The van der Waals surface area contributed by atoms with E-state index in [0.717, 1.165) is 23.2 Å². The number of anilines is 1. The Balaban J connectivity index is 1.72. The molecule has 3 rings (SSSR count). The quantitative estimate of drug-likeness (QED) is 0.644. The molecule has 1 aromatic carbocycles. The number of hydrazine groups is 1. The number of nitrogens with one attached hydrogen (secondary N) is 1. The highest BCUT2D eigenvalue weighted by molar-refractivity contribution is 5.85. The van der Waals surface area contributed by atoms with Crippen LogP contribution in [0.5, 0.6) is 5.75 Å². The predicted molar refractivity (Wildman–Crippen MR) is 80.7 cm³/mol. The summed E-state index contributed by atoms with van der Waals surface area (Å²) in [7, 11) is 0. The zero-order valence-corrected chi connectivity index (χ0v) is 11.5. The summed E-state index contributed by atoms with van der Waals surface area (Å²) in [6.07, 6.45) is 2.61. The number of pyridine rings is 1. The van der Waals surface area contributed by atoms with E-state index in [1.165, 1.54) is 25.9 Å². The number of rotatable bonds is 5. The van der Waals surface area contributed by atoms with Gasteiger partial charge in [0.15, 0.2) is 0 Å². The minimum absolute atomic E-state index is 0.646. The van der Waals surface area contributed by atoms with Crippen molar-refractivity contribution in [1.29, 1.82) is 0 Å². The minimum atomic E-state index is 0.646. The standard InChI is InChI=1S/C15H20N4O/c16-18-14-7-6-12-4-3-5-13(15(12)17-14)20-11-10-19-8-1-2-9-19/h3-7H,1-2,8-11,16H2,(H,17,18). The van der Waals surface area contributed by atoms with Crippen molar-refractivity contribution in [2.75, 3.05) is 31.7 Å². The molecule has 5 heteroatoms. The summed E-state index contributed by atoms with van der Waals surface area (Å²) in [6, 6.07) is 9.82. The molecule has 1 saturated heterocycles. The van der Waals surface area contributed by atoms with Gasteiger partial charge in [-0.25, -0.2) is 10.8 Å². The van der Waals surface area contributed by atoms with Gasteiger partial charge in [-0.15, -0.1) is 0 Å². The fourth-order valence-electron chi connectivity index (χ4n) is 2.61. The molecule has 0 atom stereocenters. The van der Waals surface area contributed by atoms with E-state index in [1.807, 2.05) is 30.3 Å². The number of hydrogen-bond donors (Lipinski definition) is 2. The molecule has 2 aromatic rings. The van der Waals surface area contributed by atoms with E-state index in [4.69, 9.17) is 10.6 Å². The fraction of sp³-hybridized carbons (Fsp3) is 0.400. The second-order valence-corrected chi connectivity index (χ2v) is 5.07. The van der Waals surface area contributed by atoms with Gasteiger partial charge in [-0.1, -0.05) is 12.1 Å². The molecule has 0 amide bonds. The lowest BCUT2D eigenvalue weighted by atomic mass is 10.2. The van der Waals surface area contributed by atoms with Crippen molar-refractivity contribution in [2.45, 2.75) is 12.8 Å². The Morgan fingerprint density at radius 3 is 2.85 bits per heavy atom. The highest BCUT2D eigenvalue weighted by Gasteiger charge is 2.11. The van der Waals surface area contributed by atoms with Crippen molar-refractivity contribution in [3.05, 3.63) is 30.3 Å². The molecule has 0 spiro atoms. The van der Waals surface area contributed by atoms with Crippen LogP contribution in [0.1, 0.15) is 12.8 Å². The van der Waals surface area contributed by atoms with Gasteiger partial charge in [-0.3, -0.25) is 4.90 Å². The van der Waals surface area contributed by atoms with Crippen LogP contribution in [0.25, 0.3) is 10.9 Å². The number of nitrogen functional groups attached to an aromatic ring is 1. The molecular formula is C15H20N4O. The Morgan fingerprint density at radius 2 is 2.05 bits per heavy atom. The van der Waals surface area contributed by atoms with Gasteiger partial charge in [0, 0.05) is 11.9 Å². The molecule has 3 N–H and O–H groups in total. The summed E-state index contributed by atoms with van der Waals surface area (Å²) >= 11 is 0. The molecule has 20 heavy (non-hydrogen) atoms. The van der Waals surface area contributed by atoms with Crippen LogP contribution in [0.3, 0.4) is 0 Å². The Labute approximate surface area is 118 Å². The molecule has 0 unspecified atom stereocenters. The highest BCUT2D eigenvalue weighted by Crippen LogP contribution is 2.25. The van der Waals surface area contributed by atoms with Gasteiger partial charge in [0.05, 0.1) is 0 Å². The molecular weight excluding hydrogens is 252 g/mol. The lowest BCUT2D eigenvalue weighted by molar-refractivity contribution is 0.239. The summed E-state index contributed by atoms with van der Waals surface area (Å²) in [5, 5.41) is 1.06. The Morgan fingerprint density at radius 1 is 1.20 bits per heavy atom. The van der Waals surface area contributed by atoms with Crippen molar-refractivity contribution in [2.24, 2.45) is 5.84 Å². The SMILES string of the molecule is NNc1ccc2cccc(OCCN3CCCC3)c2n1. The van der Waals surface area contributed by atoms with Crippen molar-refractivity contribution < 1.29 is 4.74 Å². The first-order valence-electron chi connectivity index (χ1n) is 7.08. The van der Waals surface area contributed by atoms with Crippen LogP contribution in [0.15, 0.2) is 30.3 Å². The van der Waals surface area contributed by atoms with E-state index < -0.39 is 0 Å². The van der Waals surface area contributed by atoms with E-state index in [2.05, 4.69) is 15.3 Å². The van der Waals surface area contributed by atoms with Crippen LogP contribution in [0.4, 0.5) is 5.82 Å². The number of ether oxygens (including phenoxy) is 1. The average molecular weight is 272 g/mol. The van der Waals surface area contributed by atoms with Crippen molar-refractivity contribution in [1.82, 2.24) is 9.88 Å². The third kappa shape index (κ3) is 2.84. The number of benzene rings is 1. The normalized spacial score (nSPS) is 15.7. The molecule has 0 bridgehead atoms. The summed E-state index contributed by atoms with van der Waals surface area (Å²) in [5.74, 6) is 6.88. The maximum atomic E-state index is 5.91. The maximum Gasteiger partial charge on any atom is 0.145 e. The number of para-hydroxylation sites is 1. The smallest absolute Gasteiger partial charge is 0.145 e. The van der Waals surface area contributed by atoms with Gasteiger partial charge in [0.25, 0.3) is 0 Å². The fourth-order valence-corrected chi connectivity index (χ4v) is 2.61. The summed E-state index contributed by atoms with van der Waals surface area (Å²) in [5.41, 5.74) is 3.42. The van der Waals surface area contributed by atoms with Gasteiger partial charge in [-0.2, -0.15) is 0 Å². The Kier molecular flexibility index (Phi) is 3.99. The van der Waals surface area contributed by atoms with E-state index in [-0.39, 0.29) is 0 Å². The van der Waals surface area contributed by atoms with Gasteiger partial charge < -0.3 is 10.2 Å². The monoisotopic (exact) mass is 272 g/mol. The lowest BCUT2D eigenvalue weighted by Gasteiger charge is -2.15. The summed E-state index contributed by atoms with van der Waals surface area (Å²) in [4.78, 5) is 6.91. The minimum Gasteiger partial charge on any atom is -0.490 e. The van der Waals surface area contributed by atoms with Crippen molar-refractivity contribution >= 4 is 16.7 Å². The number of likely N-dealkylation sites (tertiary alicyclic amines) is 1. The zero-order valence-electron chi connectivity index (χ0n) is 11.5. The molecule has 106 valence electrons. The summed E-state index contributed by atoms with van der Waals surface area (Å²) in [6.45, 7) is 4.06. The van der Waals surface area contributed by atoms with Crippen LogP contribution in [-0.2, 0) is 0 Å². The first-order chi connectivity index (χ1) is 9.86. The molecule has 0 aliphatic carbocycles. The topological polar surface area (TPSA) is 63.4 Å². The molecule has 1 aliphatic rings. The number of nitrogens with zero attached hydrogens (tertiary/aromatic N) is 2. The van der Waals surface area contributed by atoms with Crippen molar-refractivity contribution in [3.63, 3.8) is 0 Å². The van der Waals surface area contributed by atoms with E-state index >= 15 is 0 Å². The third-order valence-electron chi connectivity index (χ3n) is 3.69. The van der Waals surface area contributed by atoms with Crippen molar-refractivity contribution in [3.8, 4) is 5.75 Å². The molecule has 1 fully saturated rings. The molecule has 2 heterocycles. The van der Waals surface area contributed by atoms with E-state index in [0.29, 0.717) is 12.4 Å². The first-order valence-corrected chi connectivity index (χ1v) is 7.08. The largest absolute Gasteiger partial charge is 0.490 e. The van der Waals surface area contributed by atoms with Gasteiger partial charge in [0.1, 0.15) is 23.7 Å². The average Bonchev–Trinajstić information content (AvgIpc) is 3.00. The molecule has 1 aromatic heterocycles. The van der Waals surface area contributed by atoms with E-state index in [1.54, 1.807) is 0 Å². The molecule has 0 radical (unpaired) electrons. The zero-order chi connectivity index (χ0) is 13.8. The van der Waals surface area contributed by atoms with Gasteiger partial charge in [-0.05, 0) is 44.1 Å². The number of nitrogens with two attached hydrogens (primary N) is 1. The summed E-state index contributed by atoms with van der Waals surface area (Å²) < 4.78 is 5.91. The second-order valence-electron chi connectivity index (χ2n) is 5.07. The Hall–Kier alpha value is -1.85. The van der Waals surface area contributed by atoms with Crippen LogP contribution in [0.2, 0.25) is 0 Å². The number of aromatic nitrogens is 1. The second kappa shape index (κ2) is 6.07. The maximum absolute atomic E-state index is 5.91. The van der Waals surface area contributed by atoms with Crippen LogP contribution < -0.4 is 16.0 Å². The Bertz CT molecular complexity index is 581. The molecule has 0 saturated carbocycles.